The van der Waals surface area contributed by atoms with Crippen molar-refractivity contribution in [2.45, 2.75) is 105 Å². The molecule has 230 valence electrons. The van der Waals surface area contributed by atoms with Gasteiger partial charge in [-0.25, -0.2) is 9.59 Å². The highest BCUT2D eigenvalue weighted by atomic mass is 16.6. The van der Waals surface area contributed by atoms with Gasteiger partial charge in [-0.1, -0.05) is 114 Å². The van der Waals surface area contributed by atoms with E-state index in [4.69, 9.17) is 18.9 Å². The smallest absolute Gasteiger partial charge is 0.344 e. The van der Waals surface area contributed by atoms with Crippen LogP contribution < -0.4 is 9.47 Å². The number of hydrogen-bond donors (Lipinski definition) is 0. The number of ether oxygens (including phenoxy) is 4. The van der Waals surface area contributed by atoms with Gasteiger partial charge in [0.05, 0.1) is 13.2 Å². The van der Waals surface area contributed by atoms with Crippen molar-refractivity contribution in [3.63, 3.8) is 0 Å². The second-order valence-electron chi connectivity index (χ2n) is 11.2. The molecule has 0 saturated heterocycles. The lowest BCUT2D eigenvalue weighted by molar-refractivity contribution is -0.147. The Hall–Kier alpha value is -3.28. The fourth-order valence-corrected chi connectivity index (χ4v) is 5.24. The van der Waals surface area contributed by atoms with E-state index in [0.717, 1.165) is 58.4 Å². The maximum atomic E-state index is 12.6. The summed E-state index contributed by atoms with van der Waals surface area (Å²) in [6.45, 7) is 8.96. The van der Waals surface area contributed by atoms with Gasteiger partial charge in [-0.15, -0.1) is 0 Å². The first-order valence-electron chi connectivity index (χ1n) is 16.0. The van der Waals surface area contributed by atoms with E-state index >= 15 is 0 Å². The van der Waals surface area contributed by atoms with Crippen LogP contribution in [0.15, 0.2) is 36.4 Å². The van der Waals surface area contributed by atoms with Gasteiger partial charge in [-0.05, 0) is 37.8 Å². The van der Waals surface area contributed by atoms with Gasteiger partial charge in [0.1, 0.15) is 11.5 Å². The number of unbranched alkanes of at least 4 members (excludes halogenated alkanes) is 10. The van der Waals surface area contributed by atoms with Crippen molar-refractivity contribution in [2.24, 2.45) is 0 Å². The first-order valence-corrected chi connectivity index (χ1v) is 16.0. The fourth-order valence-electron chi connectivity index (χ4n) is 5.24. The predicted molar refractivity (Wildman–Crippen MR) is 171 cm³/mol. The topological polar surface area (TPSA) is 71.1 Å². The lowest BCUT2D eigenvalue weighted by Gasteiger charge is -2.19. The molecule has 6 heteroatoms. The molecule has 6 nitrogen and oxygen atoms in total. The third-order valence-electron chi connectivity index (χ3n) is 7.81. The van der Waals surface area contributed by atoms with Gasteiger partial charge < -0.3 is 18.9 Å². The molecule has 0 unspecified atom stereocenters. The Morgan fingerprint density at radius 2 is 1.05 bits per heavy atom. The maximum absolute atomic E-state index is 12.6. The summed E-state index contributed by atoms with van der Waals surface area (Å²) < 4.78 is 23.3. The molecule has 0 fully saturated rings. The van der Waals surface area contributed by atoms with E-state index in [9.17, 15) is 9.59 Å². The van der Waals surface area contributed by atoms with Gasteiger partial charge in [0.25, 0.3) is 0 Å². The zero-order valence-corrected chi connectivity index (χ0v) is 26.2. The molecule has 3 aromatic rings. The second kappa shape index (κ2) is 18.3. The molecule has 0 aliphatic rings. The minimum absolute atomic E-state index is 0.173. The molecule has 0 spiro atoms. The number of carbonyl (C=O) groups is 2. The first kappa shape index (κ1) is 33.2. The van der Waals surface area contributed by atoms with E-state index in [-0.39, 0.29) is 25.2 Å². The molecule has 0 N–H and O–H groups in total. The minimum Gasteiger partial charge on any atom is -0.481 e. The normalized spacial score (nSPS) is 11.1. The predicted octanol–water partition coefficient (Wildman–Crippen LogP) is 9.17. The van der Waals surface area contributed by atoms with Crippen LogP contribution in [0.2, 0.25) is 0 Å². The number of esters is 2. The van der Waals surface area contributed by atoms with Crippen molar-refractivity contribution < 1.29 is 28.5 Å². The van der Waals surface area contributed by atoms with E-state index in [1.54, 1.807) is 0 Å². The number of hydrogen-bond acceptors (Lipinski definition) is 6. The molecule has 0 aromatic heterocycles. The van der Waals surface area contributed by atoms with Crippen LogP contribution in [0.25, 0.3) is 21.5 Å². The van der Waals surface area contributed by atoms with E-state index in [1.807, 2.05) is 50.2 Å². The lowest BCUT2D eigenvalue weighted by Crippen LogP contribution is -2.17. The molecular formula is C36H50O6. The van der Waals surface area contributed by atoms with E-state index in [1.165, 1.54) is 51.4 Å². The van der Waals surface area contributed by atoms with Gasteiger partial charge in [0, 0.05) is 21.5 Å². The van der Waals surface area contributed by atoms with Gasteiger partial charge in [-0.2, -0.15) is 0 Å². The quantitative estimate of drug-likeness (QED) is 0.0756. The van der Waals surface area contributed by atoms with Crippen LogP contribution in [-0.2, 0) is 19.1 Å². The SMILES string of the molecule is CCCCCCCCOC(=O)COc1c2ccccc2c(OCC(=O)OCCCCCCCC)c2c(C)c(C)ccc12. The first-order chi connectivity index (χ1) is 20.5. The second-order valence-corrected chi connectivity index (χ2v) is 11.2. The molecule has 0 radical (unpaired) electrons. The molecule has 0 bridgehead atoms. The molecule has 0 heterocycles. The highest BCUT2D eigenvalue weighted by molar-refractivity contribution is 6.12. The van der Waals surface area contributed by atoms with Crippen molar-refractivity contribution in [1.82, 2.24) is 0 Å². The molecule has 0 amide bonds. The summed E-state index contributed by atoms with van der Waals surface area (Å²) in [6.07, 6.45) is 13.6. The monoisotopic (exact) mass is 578 g/mol. The summed E-state index contributed by atoms with van der Waals surface area (Å²) in [6, 6.07) is 11.8. The average Bonchev–Trinajstić information content (AvgIpc) is 2.99. The molecule has 3 rings (SSSR count). The molecular weight excluding hydrogens is 528 g/mol. The number of rotatable bonds is 20. The van der Waals surface area contributed by atoms with Gasteiger partial charge >= 0.3 is 11.9 Å². The van der Waals surface area contributed by atoms with E-state index in [2.05, 4.69) is 13.8 Å². The van der Waals surface area contributed by atoms with Crippen LogP contribution in [0, 0.1) is 13.8 Å². The van der Waals surface area contributed by atoms with Crippen molar-refractivity contribution >= 4 is 33.5 Å². The highest BCUT2D eigenvalue weighted by Crippen LogP contribution is 2.44. The lowest BCUT2D eigenvalue weighted by atomic mass is 9.95. The Kier molecular flexibility index (Phi) is 14.5. The van der Waals surface area contributed by atoms with Crippen molar-refractivity contribution in [3.8, 4) is 11.5 Å². The average molecular weight is 579 g/mol. The zero-order chi connectivity index (χ0) is 30.2. The third kappa shape index (κ3) is 9.92. The molecule has 42 heavy (non-hydrogen) atoms. The van der Waals surface area contributed by atoms with Crippen LogP contribution in [-0.4, -0.2) is 38.4 Å². The number of carbonyl (C=O) groups excluding carboxylic acids is 2. The number of benzene rings is 3. The molecule has 0 aliphatic carbocycles. The zero-order valence-electron chi connectivity index (χ0n) is 26.2. The van der Waals surface area contributed by atoms with Crippen molar-refractivity contribution in [3.05, 3.63) is 47.5 Å². The van der Waals surface area contributed by atoms with Crippen LogP contribution >= 0.6 is 0 Å². The Labute approximate surface area is 252 Å². The number of fused-ring (bicyclic) bond motifs is 2. The summed E-state index contributed by atoms with van der Waals surface area (Å²) in [7, 11) is 0. The molecule has 0 saturated carbocycles. The summed E-state index contributed by atoms with van der Waals surface area (Å²) in [5.74, 6) is 0.479. The number of aryl methyl sites for hydroxylation is 2. The Balaban J connectivity index is 1.71. The van der Waals surface area contributed by atoms with E-state index < -0.39 is 0 Å². The molecule has 0 atom stereocenters. The van der Waals surface area contributed by atoms with Crippen LogP contribution in [0.1, 0.15) is 102 Å². The van der Waals surface area contributed by atoms with Crippen molar-refractivity contribution in [1.29, 1.82) is 0 Å². The molecule has 3 aromatic carbocycles. The largest absolute Gasteiger partial charge is 0.481 e. The molecule has 0 aliphatic heterocycles. The standard InChI is InChI=1S/C36H50O6/c1-5-7-9-11-13-17-23-39-32(37)25-41-35-29-19-15-16-20-30(29)36(34-28(4)27(3)21-22-31(34)35)42-26-33(38)40-24-18-14-12-10-8-6-2/h15-16,19-22H,5-14,17-18,23-26H2,1-4H3. The highest BCUT2D eigenvalue weighted by Gasteiger charge is 2.20. The van der Waals surface area contributed by atoms with Crippen LogP contribution in [0.4, 0.5) is 0 Å². The van der Waals surface area contributed by atoms with Gasteiger partial charge in [0.15, 0.2) is 13.2 Å². The fraction of sp³-hybridized carbons (Fsp3) is 0.556. The summed E-state index contributed by atoms with van der Waals surface area (Å²) in [4.78, 5) is 25.1. The van der Waals surface area contributed by atoms with Gasteiger partial charge in [0.2, 0.25) is 0 Å². The Morgan fingerprint density at radius 3 is 1.60 bits per heavy atom. The van der Waals surface area contributed by atoms with Crippen molar-refractivity contribution in [2.75, 3.05) is 26.4 Å². The minimum atomic E-state index is -0.377. The third-order valence-corrected chi connectivity index (χ3v) is 7.81. The van der Waals surface area contributed by atoms with Crippen LogP contribution in [0.5, 0.6) is 11.5 Å². The van der Waals surface area contributed by atoms with Gasteiger partial charge in [-0.3, -0.25) is 0 Å². The summed E-state index contributed by atoms with van der Waals surface area (Å²) in [5, 5.41) is 3.33. The van der Waals surface area contributed by atoms with E-state index in [0.29, 0.717) is 24.7 Å². The summed E-state index contributed by atoms with van der Waals surface area (Å²) >= 11 is 0. The Morgan fingerprint density at radius 1 is 0.571 bits per heavy atom. The maximum Gasteiger partial charge on any atom is 0.344 e. The summed E-state index contributed by atoms with van der Waals surface area (Å²) in [5.41, 5.74) is 2.13. The van der Waals surface area contributed by atoms with Crippen LogP contribution in [0.3, 0.4) is 0 Å². The Bertz CT molecular complexity index is 1280.